The number of nitrogens with one attached hydrogen (secondary N) is 1. The molecule has 82 valence electrons. The maximum Gasteiger partial charge on any atom is 0.417 e. The van der Waals surface area contributed by atoms with Gasteiger partial charge in [-0.3, -0.25) is 4.98 Å². The zero-order valence-electron chi connectivity index (χ0n) is 8.23. The number of nitrogens with zero attached hydrogens (tertiary/aromatic N) is 1. The smallest absolute Gasteiger partial charge is 0.309 e. The molecule has 0 aliphatic heterocycles. The van der Waals surface area contributed by atoms with Gasteiger partial charge in [0.05, 0.1) is 16.8 Å². The Morgan fingerprint density at radius 2 is 2.00 bits per heavy atom. The molecule has 0 bridgehead atoms. The van der Waals surface area contributed by atoms with E-state index < -0.39 is 11.7 Å². The van der Waals surface area contributed by atoms with Crippen molar-refractivity contribution in [1.82, 2.24) is 10.3 Å². The molecule has 0 aromatic carbocycles. The number of rotatable bonds is 2. The van der Waals surface area contributed by atoms with Crippen LogP contribution in [-0.4, -0.2) is 12.0 Å². The van der Waals surface area contributed by atoms with Crippen molar-refractivity contribution >= 4 is 0 Å². The van der Waals surface area contributed by atoms with Crippen LogP contribution in [0.15, 0.2) is 18.3 Å². The average molecular weight is 216 g/mol. The molecule has 1 aromatic heterocycles. The van der Waals surface area contributed by atoms with Crippen LogP contribution in [0.2, 0.25) is 0 Å². The van der Waals surface area contributed by atoms with E-state index in [1.165, 1.54) is 6.07 Å². The van der Waals surface area contributed by atoms with Gasteiger partial charge < -0.3 is 5.32 Å². The summed E-state index contributed by atoms with van der Waals surface area (Å²) >= 11 is 0. The van der Waals surface area contributed by atoms with E-state index in [1.54, 1.807) is 7.05 Å². The Balaban J connectivity index is 2.25. The summed E-state index contributed by atoms with van der Waals surface area (Å²) in [6, 6.07) is 2.53. The molecule has 0 atom stereocenters. The van der Waals surface area contributed by atoms with Crippen LogP contribution in [0.25, 0.3) is 0 Å². The van der Waals surface area contributed by atoms with Gasteiger partial charge in [-0.05, 0) is 32.0 Å². The molecule has 1 aliphatic rings. The quantitative estimate of drug-likeness (QED) is 0.820. The molecule has 1 N–H and O–H groups in total. The molecule has 0 unspecified atom stereocenters. The molecule has 0 saturated heterocycles. The van der Waals surface area contributed by atoms with Gasteiger partial charge in [-0.25, -0.2) is 0 Å². The van der Waals surface area contributed by atoms with Gasteiger partial charge in [0.1, 0.15) is 0 Å². The first-order chi connectivity index (χ1) is 6.98. The number of hydrogen-bond donors (Lipinski definition) is 1. The standard InChI is InChI=1S/C10H11F3N2/c1-14-9(4-5-9)8-3-2-7(6-15-8)10(11,12)13/h2-3,6,14H,4-5H2,1H3. The number of halogens is 3. The van der Waals surface area contributed by atoms with Gasteiger partial charge in [-0.2, -0.15) is 13.2 Å². The molecule has 0 spiro atoms. The van der Waals surface area contributed by atoms with Crippen LogP contribution < -0.4 is 5.32 Å². The van der Waals surface area contributed by atoms with Crippen LogP contribution >= 0.6 is 0 Å². The van der Waals surface area contributed by atoms with Crippen molar-refractivity contribution < 1.29 is 13.2 Å². The molecule has 0 radical (unpaired) electrons. The van der Waals surface area contributed by atoms with Gasteiger partial charge in [-0.15, -0.1) is 0 Å². The molecule has 15 heavy (non-hydrogen) atoms. The zero-order valence-corrected chi connectivity index (χ0v) is 8.23. The molecule has 5 heteroatoms. The second-order valence-corrected chi connectivity index (χ2v) is 3.76. The Morgan fingerprint density at radius 3 is 2.33 bits per heavy atom. The Bertz CT molecular complexity index is 352. The lowest BCUT2D eigenvalue weighted by Crippen LogP contribution is -2.25. The van der Waals surface area contributed by atoms with E-state index >= 15 is 0 Å². The fourth-order valence-electron chi connectivity index (χ4n) is 1.60. The van der Waals surface area contributed by atoms with Gasteiger partial charge in [-0.1, -0.05) is 0 Å². The maximum atomic E-state index is 12.3. The molecule has 1 aromatic rings. The summed E-state index contributed by atoms with van der Waals surface area (Å²) in [4.78, 5) is 3.87. The molecule has 2 rings (SSSR count). The van der Waals surface area contributed by atoms with Crippen molar-refractivity contribution in [3.05, 3.63) is 29.6 Å². The van der Waals surface area contributed by atoms with E-state index in [4.69, 9.17) is 0 Å². The highest BCUT2D eigenvalue weighted by molar-refractivity contribution is 5.26. The Hall–Kier alpha value is -1.10. The molecular formula is C10H11F3N2. The summed E-state index contributed by atoms with van der Waals surface area (Å²) in [5.74, 6) is 0. The van der Waals surface area contributed by atoms with Crippen LogP contribution in [0.1, 0.15) is 24.1 Å². The predicted molar refractivity (Wildman–Crippen MR) is 49.2 cm³/mol. The lowest BCUT2D eigenvalue weighted by molar-refractivity contribution is -0.137. The summed E-state index contributed by atoms with van der Waals surface area (Å²) in [5.41, 5.74) is -0.180. The first kappa shape index (κ1) is 10.4. The molecule has 1 aliphatic carbocycles. The van der Waals surface area contributed by atoms with Crippen LogP contribution in [0, 0.1) is 0 Å². The van der Waals surface area contributed by atoms with Gasteiger partial charge in [0, 0.05) is 6.20 Å². The van der Waals surface area contributed by atoms with E-state index in [9.17, 15) is 13.2 Å². The van der Waals surface area contributed by atoms with E-state index in [0.717, 1.165) is 25.1 Å². The predicted octanol–water partition coefficient (Wildman–Crippen LogP) is 2.31. The average Bonchev–Trinajstić information content (AvgIpc) is 2.97. The SMILES string of the molecule is CNC1(c2ccc(C(F)(F)F)cn2)CC1. The van der Waals surface area contributed by atoms with Crippen molar-refractivity contribution in [3.63, 3.8) is 0 Å². The third kappa shape index (κ3) is 1.84. The van der Waals surface area contributed by atoms with Gasteiger partial charge in [0.25, 0.3) is 0 Å². The molecular weight excluding hydrogens is 205 g/mol. The minimum Gasteiger partial charge on any atom is -0.309 e. The molecule has 1 heterocycles. The summed E-state index contributed by atoms with van der Waals surface area (Å²) in [7, 11) is 1.80. The third-order valence-corrected chi connectivity index (χ3v) is 2.81. The summed E-state index contributed by atoms with van der Waals surface area (Å²) < 4.78 is 36.8. The molecule has 0 amide bonds. The summed E-state index contributed by atoms with van der Waals surface area (Å²) in [5, 5.41) is 3.08. The summed E-state index contributed by atoms with van der Waals surface area (Å²) in [6.45, 7) is 0. The minimum absolute atomic E-state index is 0.176. The van der Waals surface area contributed by atoms with Crippen molar-refractivity contribution in [2.75, 3.05) is 7.05 Å². The first-order valence-corrected chi connectivity index (χ1v) is 4.71. The number of aromatic nitrogens is 1. The van der Waals surface area contributed by atoms with Crippen molar-refractivity contribution in [2.45, 2.75) is 24.6 Å². The monoisotopic (exact) mass is 216 g/mol. The van der Waals surface area contributed by atoms with Crippen LogP contribution in [-0.2, 0) is 11.7 Å². The van der Waals surface area contributed by atoms with Gasteiger partial charge >= 0.3 is 6.18 Å². The summed E-state index contributed by atoms with van der Waals surface area (Å²) in [6.07, 6.45) is -1.54. The van der Waals surface area contributed by atoms with E-state index in [2.05, 4.69) is 10.3 Å². The van der Waals surface area contributed by atoms with Gasteiger partial charge in [0.2, 0.25) is 0 Å². The fourth-order valence-corrected chi connectivity index (χ4v) is 1.60. The van der Waals surface area contributed by atoms with Crippen molar-refractivity contribution in [1.29, 1.82) is 0 Å². The highest BCUT2D eigenvalue weighted by Gasteiger charge is 2.44. The number of pyridine rings is 1. The molecule has 1 fully saturated rings. The third-order valence-electron chi connectivity index (χ3n) is 2.81. The zero-order chi connectivity index (χ0) is 11.1. The second-order valence-electron chi connectivity index (χ2n) is 3.76. The normalized spacial score (nSPS) is 18.9. The minimum atomic E-state index is -4.30. The Labute approximate surface area is 85.5 Å². The van der Waals surface area contributed by atoms with Crippen molar-refractivity contribution in [2.24, 2.45) is 0 Å². The largest absolute Gasteiger partial charge is 0.417 e. The number of hydrogen-bond acceptors (Lipinski definition) is 2. The van der Waals surface area contributed by atoms with Crippen LogP contribution in [0.4, 0.5) is 13.2 Å². The van der Waals surface area contributed by atoms with Gasteiger partial charge in [0.15, 0.2) is 0 Å². The van der Waals surface area contributed by atoms with Crippen LogP contribution in [0.5, 0.6) is 0 Å². The maximum absolute atomic E-state index is 12.3. The highest BCUT2D eigenvalue weighted by Crippen LogP contribution is 2.44. The Morgan fingerprint density at radius 1 is 1.33 bits per heavy atom. The lowest BCUT2D eigenvalue weighted by Gasteiger charge is -2.14. The second kappa shape index (κ2) is 3.20. The fraction of sp³-hybridized carbons (Fsp3) is 0.500. The topological polar surface area (TPSA) is 24.9 Å². The molecule has 1 saturated carbocycles. The Kier molecular flexibility index (Phi) is 2.22. The van der Waals surface area contributed by atoms with Crippen LogP contribution in [0.3, 0.4) is 0 Å². The first-order valence-electron chi connectivity index (χ1n) is 4.71. The lowest BCUT2D eigenvalue weighted by atomic mass is 10.1. The van der Waals surface area contributed by atoms with E-state index in [1.807, 2.05) is 0 Å². The van der Waals surface area contributed by atoms with Crippen molar-refractivity contribution in [3.8, 4) is 0 Å². The molecule has 2 nitrogen and oxygen atoms in total. The number of alkyl halides is 3. The van der Waals surface area contributed by atoms with E-state index in [0.29, 0.717) is 5.69 Å². The highest BCUT2D eigenvalue weighted by atomic mass is 19.4. The van der Waals surface area contributed by atoms with E-state index in [-0.39, 0.29) is 5.54 Å².